The monoisotopic (exact) mass is 322 g/mol. The Morgan fingerprint density at radius 3 is 2.32 bits per heavy atom. The summed E-state index contributed by atoms with van der Waals surface area (Å²) in [6.45, 7) is 4.40. The molecular formula is C16H16BrFO. The van der Waals surface area contributed by atoms with E-state index in [2.05, 4.69) is 15.9 Å². The van der Waals surface area contributed by atoms with E-state index >= 15 is 0 Å². The van der Waals surface area contributed by atoms with Gasteiger partial charge in [-0.25, -0.2) is 4.39 Å². The lowest BCUT2D eigenvalue weighted by Crippen LogP contribution is -1.96. The van der Waals surface area contributed by atoms with Crippen LogP contribution < -0.4 is 4.74 Å². The van der Waals surface area contributed by atoms with Crippen molar-refractivity contribution in [1.29, 1.82) is 0 Å². The Hall–Kier alpha value is -1.35. The van der Waals surface area contributed by atoms with Crippen LogP contribution in [0.3, 0.4) is 0 Å². The van der Waals surface area contributed by atoms with Gasteiger partial charge in [0.05, 0.1) is 11.4 Å². The number of halogens is 2. The topological polar surface area (TPSA) is 9.23 Å². The highest BCUT2D eigenvalue weighted by atomic mass is 79.9. The van der Waals surface area contributed by atoms with Gasteiger partial charge in [-0.3, -0.25) is 0 Å². The van der Waals surface area contributed by atoms with Gasteiger partial charge in [0.25, 0.3) is 0 Å². The van der Waals surface area contributed by atoms with Crippen LogP contribution in [-0.2, 0) is 0 Å². The van der Waals surface area contributed by atoms with Gasteiger partial charge in [-0.1, -0.05) is 40.2 Å². The first-order valence-corrected chi connectivity index (χ1v) is 7.16. The highest BCUT2D eigenvalue weighted by molar-refractivity contribution is 9.09. The van der Waals surface area contributed by atoms with Gasteiger partial charge in [0.2, 0.25) is 0 Å². The third-order valence-corrected chi connectivity index (χ3v) is 4.02. The molecular weight excluding hydrogens is 307 g/mol. The summed E-state index contributed by atoms with van der Waals surface area (Å²) in [7, 11) is 0. The SMILES string of the molecule is CCOc1ccc(C(Br)c2ccc(F)c(C)c2)cc1. The largest absolute Gasteiger partial charge is 0.494 e. The Kier molecular flexibility index (Phi) is 4.59. The molecule has 0 aliphatic carbocycles. The van der Waals surface area contributed by atoms with Crippen molar-refractivity contribution >= 4 is 15.9 Å². The Balaban J connectivity index is 2.22. The first kappa shape index (κ1) is 14.1. The van der Waals surface area contributed by atoms with Gasteiger partial charge in [-0.05, 0) is 48.7 Å². The molecule has 0 N–H and O–H groups in total. The van der Waals surface area contributed by atoms with Crippen molar-refractivity contribution in [1.82, 2.24) is 0 Å². The fourth-order valence-corrected chi connectivity index (χ4v) is 2.51. The molecule has 0 fully saturated rings. The van der Waals surface area contributed by atoms with Gasteiger partial charge in [-0.15, -0.1) is 0 Å². The molecule has 0 radical (unpaired) electrons. The zero-order valence-corrected chi connectivity index (χ0v) is 12.6. The van der Waals surface area contributed by atoms with E-state index in [0.29, 0.717) is 12.2 Å². The maximum atomic E-state index is 13.3. The summed E-state index contributed by atoms with van der Waals surface area (Å²) in [5.41, 5.74) is 2.82. The quantitative estimate of drug-likeness (QED) is 0.718. The predicted octanol–water partition coefficient (Wildman–Crippen LogP) is 5.02. The molecule has 1 unspecified atom stereocenters. The molecule has 19 heavy (non-hydrogen) atoms. The molecule has 3 heteroatoms. The standard InChI is InChI=1S/C16H16BrFO/c1-3-19-14-7-4-12(5-8-14)16(17)13-6-9-15(18)11(2)10-13/h4-10,16H,3H2,1-2H3. The Morgan fingerprint density at radius 2 is 1.74 bits per heavy atom. The molecule has 0 heterocycles. The van der Waals surface area contributed by atoms with E-state index in [0.717, 1.165) is 16.9 Å². The lowest BCUT2D eigenvalue weighted by molar-refractivity contribution is 0.340. The van der Waals surface area contributed by atoms with Gasteiger partial charge in [0.1, 0.15) is 11.6 Å². The first-order valence-electron chi connectivity index (χ1n) is 6.24. The molecule has 2 rings (SSSR count). The van der Waals surface area contributed by atoms with Crippen molar-refractivity contribution in [2.45, 2.75) is 18.7 Å². The van der Waals surface area contributed by atoms with Gasteiger partial charge in [0, 0.05) is 0 Å². The molecule has 0 saturated carbocycles. The lowest BCUT2D eigenvalue weighted by atomic mass is 10.0. The third kappa shape index (κ3) is 3.35. The van der Waals surface area contributed by atoms with Crippen LogP contribution in [0.5, 0.6) is 5.75 Å². The molecule has 1 atom stereocenters. The number of hydrogen-bond acceptors (Lipinski definition) is 1. The summed E-state index contributed by atoms with van der Waals surface area (Å²) < 4.78 is 18.7. The van der Waals surface area contributed by atoms with Crippen molar-refractivity contribution in [2.24, 2.45) is 0 Å². The van der Waals surface area contributed by atoms with Crippen molar-refractivity contribution < 1.29 is 9.13 Å². The smallest absolute Gasteiger partial charge is 0.126 e. The van der Waals surface area contributed by atoms with Crippen molar-refractivity contribution in [3.05, 3.63) is 65.0 Å². The minimum absolute atomic E-state index is 0.0578. The van der Waals surface area contributed by atoms with Crippen molar-refractivity contribution in [3.8, 4) is 5.75 Å². The predicted molar refractivity (Wildman–Crippen MR) is 79.5 cm³/mol. The average molecular weight is 323 g/mol. The summed E-state index contributed by atoms with van der Waals surface area (Å²) in [6.07, 6.45) is 0. The Bertz CT molecular complexity index is 551. The minimum atomic E-state index is -0.171. The van der Waals surface area contributed by atoms with E-state index < -0.39 is 0 Å². The second-order valence-electron chi connectivity index (χ2n) is 4.37. The highest BCUT2D eigenvalue weighted by Gasteiger charge is 2.11. The summed E-state index contributed by atoms with van der Waals surface area (Å²) >= 11 is 3.65. The van der Waals surface area contributed by atoms with Gasteiger partial charge in [-0.2, -0.15) is 0 Å². The molecule has 2 aromatic carbocycles. The van der Waals surface area contributed by atoms with Crippen LogP contribution in [0.2, 0.25) is 0 Å². The van der Waals surface area contributed by atoms with Crippen LogP contribution in [0.1, 0.15) is 28.4 Å². The second kappa shape index (κ2) is 6.20. The van der Waals surface area contributed by atoms with E-state index in [1.165, 1.54) is 6.07 Å². The Labute approximate surface area is 121 Å². The molecule has 0 amide bonds. The summed E-state index contributed by atoms with van der Waals surface area (Å²) in [5, 5.41) is 0. The first-order chi connectivity index (χ1) is 9.11. The minimum Gasteiger partial charge on any atom is -0.494 e. The van der Waals surface area contributed by atoms with Crippen LogP contribution in [0, 0.1) is 12.7 Å². The van der Waals surface area contributed by atoms with E-state index in [4.69, 9.17) is 4.74 Å². The fourth-order valence-electron chi connectivity index (χ4n) is 1.92. The van der Waals surface area contributed by atoms with E-state index in [1.807, 2.05) is 37.3 Å². The number of ether oxygens (including phenoxy) is 1. The molecule has 0 bridgehead atoms. The normalized spacial score (nSPS) is 12.2. The van der Waals surface area contributed by atoms with Crippen LogP contribution in [0.4, 0.5) is 4.39 Å². The molecule has 100 valence electrons. The number of rotatable bonds is 4. The highest BCUT2D eigenvalue weighted by Crippen LogP contribution is 2.32. The molecule has 0 aliphatic heterocycles. The summed E-state index contributed by atoms with van der Waals surface area (Å²) in [5.74, 6) is 0.691. The molecule has 0 aliphatic rings. The fraction of sp³-hybridized carbons (Fsp3) is 0.250. The molecule has 0 spiro atoms. The summed E-state index contributed by atoms with van der Waals surface area (Å²) in [6, 6.07) is 13.1. The molecule has 0 aromatic heterocycles. The zero-order chi connectivity index (χ0) is 13.8. The van der Waals surface area contributed by atoms with Crippen molar-refractivity contribution in [2.75, 3.05) is 6.61 Å². The number of aryl methyl sites for hydroxylation is 1. The lowest BCUT2D eigenvalue weighted by Gasteiger charge is -2.12. The van der Waals surface area contributed by atoms with E-state index in [9.17, 15) is 4.39 Å². The van der Waals surface area contributed by atoms with Crippen LogP contribution in [0.15, 0.2) is 42.5 Å². The average Bonchev–Trinajstić information content (AvgIpc) is 2.42. The van der Waals surface area contributed by atoms with Gasteiger partial charge < -0.3 is 4.74 Å². The second-order valence-corrected chi connectivity index (χ2v) is 5.29. The van der Waals surface area contributed by atoms with E-state index in [1.54, 1.807) is 13.0 Å². The molecule has 0 saturated heterocycles. The zero-order valence-electron chi connectivity index (χ0n) is 11.0. The maximum absolute atomic E-state index is 13.3. The number of benzene rings is 2. The van der Waals surface area contributed by atoms with Gasteiger partial charge >= 0.3 is 0 Å². The Morgan fingerprint density at radius 1 is 1.11 bits per heavy atom. The van der Waals surface area contributed by atoms with Crippen LogP contribution >= 0.6 is 15.9 Å². The van der Waals surface area contributed by atoms with E-state index in [-0.39, 0.29) is 10.6 Å². The van der Waals surface area contributed by atoms with Crippen molar-refractivity contribution in [3.63, 3.8) is 0 Å². The van der Waals surface area contributed by atoms with Crippen LogP contribution in [-0.4, -0.2) is 6.61 Å². The number of alkyl halides is 1. The van der Waals surface area contributed by atoms with Crippen LogP contribution in [0.25, 0.3) is 0 Å². The third-order valence-electron chi connectivity index (χ3n) is 2.96. The molecule has 2 aromatic rings. The maximum Gasteiger partial charge on any atom is 0.126 e. The van der Waals surface area contributed by atoms with Gasteiger partial charge in [0.15, 0.2) is 0 Å². The number of hydrogen-bond donors (Lipinski definition) is 0. The molecule has 1 nitrogen and oxygen atoms in total. The summed E-state index contributed by atoms with van der Waals surface area (Å²) in [4.78, 5) is 0.0578.